The van der Waals surface area contributed by atoms with Gasteiger partial charge in [-0.05, 0) is 6.42 Å². The van der Waals surface area contributed by atoms with E-state index in [4.69, 9.17) is 14.9 Å². The molecule has 0 spiro atoms. The Morgan fingerprint density at radius 3 is 2.94 bits per heavy atom. The van der Waals surface area contributed by atoms with Gasteiger partial charge in [0, 0.05) is 25.6 Å². The average molecular weight is 239 g/mol. The molecule has 96 valence electrons. The van der Waals surface area contributed by atoms with Gasteiger partial charge in [0.05, 0.1) is 18.8 Å². The average Bonchev–Trinajstić information content (AvgIpc) is 2.79. The van der Waals surface area contributed by atoms with Gasteiger partial charge in [0.1, 0.15) is 5.76 Å². The maximum absolute atomic E-state index is 5.98. The predicted octanol–water partition coefficient (Wildman–Crippen LogP) is 1.35. The summed E-state index contributed by atoms with van der Waals surface area (Å²) in [6.45, 7) is 5.80. The van der Waals surface area contributed by atoms with Crippen LogP contribution in [0.15, 0.2) is 10.6 Å². The van der Waals surface area contributed by atoms with Crippen molar-refractivity contribution in [3.8, 4) is 0 Å². The van der Waals surface area contributed by atoms with Crippen molar-refractivity contribution >= 4 is 6.01 Å². The molecule has 0 aliphatic carbocycles. The lowest BCUT2D eigenvalue weighted by Crippen LogP contribution is -2.51. The molecule has 1 aliphatic heterocycles. The van der Waals surface area contributed by atoms with Gasteiger partial charge in [0.15, 0.2) is 0 Å². The number of methoxy groups -OCH3 is 1. The number of rotatable bonds is 3. The van der Waals surface area contributed by atoms with Gasteiger partial charge in [0.25, 0.3) is 6.01 Å². The molecule has 1 aliphatic rings. The van der Waals surface area contributed by atoms with Crippen LogP contribution in [0.25, 0.3) is 0 Å². The van der Waals surface area contributed by atoms with E-state index >= 15 is 0 Å². The molecule has 2 rings (SSSR count). The molecule has 5 heteroatoms. The molecule has 1 fully saturated rings. The third kappa shape index (κ3) is 2.61. The van der Waals surface area contributed by atoms with Crippen LogP contribution in [-0.2, 0) is 4.74 Å². The molecular weight excluding hydrogens is 218 g/mol. The molecule has 2 atom stereocenters. The molecular formula is C12H21N3O2. The molecule has 0 aromatic carbocycles. The predicted molar refractivity (Wildman–Crippen MR) is 66.2 cm³/mol. The van der Waals surface area contributed by atoms with Gasteiger partial charge in [-0.1, -0.05) is 13.8 Å². The van der Waals surface area contributed by atoms with Crippen molar-refractivity contribution in [2.45, 2.75) is 38.3 Å². The summed E-state index contributed by atoms with van der Waals surface area (Å²) < 4.78 is 11.1. The second-order valence-corrected chi connectivity index (χ2v) is 4.87. The van der Waals surface area contributed by atoms with Crippen molar-refractivity contribution in [1.29, 1.82) is 0 Å². The van der Waals surface area contributed by atoms with E-state index in [2.05, 4.69) is 23.7 Å². The summed E-state index contributed by atoms with van der Waals surface area (Å²) in [5.41, 5.74) is 5.98. The first kappa shape index (κ1) is 12.4. The highest BCUT2D eigenvalue weighted by Crippen LogP contribution is 2.23. The van der Waals surface area contributed by atoms with Crippen LogP contribution in [-0.4, -0.2) is 37.3 Å². The zero-order valence-electron chi connectivity index (χ0n) is 10.7. The second-order valence-electron chi connectivity index (χ2n) is 4.87. The van der Waals surface area contributed by atoms with Crippen LogP contribution < -0.4 is 10.6 Å². The fraction of sp³-hybridized carbons (Fsp3) is 0.750. The monoisotopic (exact) mass is 239 g/mol. The summed E-state index contributed by atoms with van der Waals surface area (Å²) in [5.74, 6) is 1.28. The van der Waals surface area contributed by atoms with E-state index in [1.807, 2.05) is 0 Å². The summed E-state index contributed by atoms with van der Waals surface area (Å²) in [7, 11) is 1.70. The molecule has 5 nitrogen and oxygen atoms in total. The minimum atomic E-state index is 0.0538. The normalized spacial score (nSPS) is 25.6. The number of piperidine rings is 1. The molecule has 2 unspecified atom stereocenters. The first-order chi connectivity index (χ1) is 8.11. The number of hydrogen-bond acceptors (Lipinski definition) is 5. The number of anilines is 1. The van der Waals surface area contributed by atoms with E-state index in [0.29, 0.717) is 11.9 Å². The van der Waals surface area contributed by atoms with Crippen molar-refractivity contribution in [3.05, 3.63) is 12.0 Å². The topological polar surface area (TPSA) is 64.5 Å². The van der Waals surface area contributed by atoms with Crippen molar-refractivity contribution in [2.24, 2.45) is 5.73 Å². The van der Waals surface area contributed by atoms with Crippen molar-refractivity contribution in [3.63, 3.8) is 0 Å². The van der Waals surface area contributed by atoms with E-state index in [9.17, 15) is 0 Å². The SMILES string of the molecule is COC1CN(c2ncc(C(C)C)o2)CCC1N. The maximum atomic E-state index is 5.98. The van der Waals surface area contributed by atoms with Crippen molar-refractivity contribution < 1.29 is 9.15 Å². The van der Waals surface area contributed by atoms with Crippen LogP contribution in [0.2, 0.25) is 0 Å². The lowest BCUT2D eigenvalue weighted by molar-refractivity contribution is 0.0716. The molecule has 17 heavy (non-hydrogen) atoms. The lowest BCUT2D eigenvalue weighted by atomic mass is 10.0. The van der Waals surface area contributed by atoms with Gasteiger partial charge in [-0.25, -0.2) is 4.98 Å². The van der Waals surface area contributed by atoms with E-state index in [0.717, 1.165) is 25.3 Å². The summed E-state index contributed by atoms with van der Waals surface area (Å²) in [5, 5.41) is 0. The zero-order valence-corrected chi connectivity index (χ0v) is 10.7. The van der Waals surface area contributed by atoms with E-state index in [-0.39, 0.29) is 12.1 Å². The smallest absolute Gasteiger partial charge is 0.297 e. The minimum absolute atomic E-state index is 0.0538. The Balaban J connectivity index is 2.06. The number of aromatic nitrogens is 1. The highest BCUT2D eigenvalue weighted by molar-refractivity contribution is 5.28. The van der Waals surface area contributed by atoms with Gasteiger partial charge >= 0.3 is 0 Å². The Labute approximate surface area is 102 Å². The third-order valence-corrected chi connectivity index (χ3v) is 3.26. The first-order valence-corrected chi connectivity index (χ1v) is 6.11. The van der Waals surface area contributed by atoms with Crippen LogP contribution in [0.5, 0.6) is 0 Å². The highest BCUT2D eigenvalue weighted by Gasteiger charge is 2.28. The molecule has 0 bridgehead atoms. The zero-order chi connectivity index (χ0) is 12.4. The van der Waals surface area contributed by atoms with Gasteiger partial charge in [-0.2, -0.15) is 0 Å². The Hall–Kier alpha value is -1.07. The summed E-state index contributed by atoms with van der Waals surface area (Å²) in [6.07, 6.45) is 2.76. The van der Waals surface area contributed by atoms with Crippen LogP contribution >= 0.6 is 0 Å². The molecule has 0 saturated carbocycles. The molecule has 0 radical (unpaired) electrons. The lowest BCUT2D eigenvalue weighted by Gasteiger charge is -2.35. The van der Waals surface area contributed by atoms with Gasteiger partial charge < -0.3 is 19.8 Å². The number of nitrogens with zero attached hydrogens (tertiary/aromatic N) is 2. The van der Waals surface area contributed by atoms with Gasteiger partial charge in [-0.3, -0.25) is 0 Å². The largest absolute Gasteiger partial charge is 0.428 e. The summed E-state index contributed by atoms with van der Waals surface area (Å²) >= 11 is 0. The van der Waals surface area contributed by atoms with E-state index in [1.54, 1.807) is 13.3 Å². The van der Waals surface area contributed by atoms with Crippen molar-refractivity contribution in [2.75, 3.05) is 25.1 Å². The number of nitrogens with two attached hydrogens (primary N) is 1. The first-order valence-electron chi connectivity index (χ1n) is 6.11. The Morgan fingerprint density at radius 2 is 2.35 bits per heavy atom. The number of ether oxygens (including phenoxy) is 1. The molecule has 1 saturated heterocycles. The standard InChI is InChI=1S/C12H21N3O2/c1-8(2)10-6-14-12(17-10)15-5-4-9(13)11(7-15)16-3/h6,8-9,11H,4-5,7,13H2,1-3H3. The fourth-order valence-corrected chi connectivity index (χ4v) is 2.05. The van der Waals surface area contributed by atoms with Crippen LogP contribution in [0.4, 0.5) is 6.01 Å². The van der Waals surface area contributed by atoms with Crippen molar-refractivity contribution in [1.82, 2.24) is 4.98 Å². The summed E-state index contributed by atoms with van der Waals surface area (Å²) in [4.78, 5) is 6.42. The minimum Gasteiger partial charge on any atom is -0.428 e. The highest BCUT2D eigenvalue weighted by atomic mass is 16.5. The molecule has 2 N–H and O–H groups in total. The van der Waals surface area contributed by atoms with Gasteiger partial charge in [0.2, 0.25) is 0 Å². The summed E-state index contributed by atoms with van der Waals surface area (Å²) in [6, 6.07) is 0.790. The Morgan fingerprint density at radius 1 is 1.59 bits per heavy atom. The molecule has 1 aromatic rings. The number of oxazole rings is 1. The molecule has 0 amide bonds. The second kappa shape index (κ2) is 5.06. The van der Waals surface area contributed by atoms with Crippen LogP contribution in [0.1, 0.15) is 31.9 Å². The van der Waals surface area contributed by atoms with Crippen LogP contribution in [0, 0.1) is 0 Å². The van der Waals surface area contributed by atoms with E-state index in [1.165, 1.54) is 0 Å². The number of hydrogen-bond donors (Lipinski definition) is 1. The Bertz CT molecular complexity index is 364. The van der Waals surface area contributed by atoms with Crippen LogP contribution in [0.3, 0.4) is 0 Å². The molecule has 2 heterocycles. The third-order valence-electron chi connectivity index (χ3n) is 3.26. The maximum Gasteiger partial charge on any atom is 0.297 e. The molecule has 1 aromatic heterocycles. The quantitative estimate of drug-likeness (QED) is 0.862. The van der Waals surface area contributed by atoms with E-state index < -0.39 is 0 Å². The Kier molecular flexibility index (Phi) is 3.69. The van der Waals surface area contributed by atoms with Gasteiger partial charge in [-0.15, -0.1) is 0 Å². The fourth-order valence-electron chi connectivity index (χ4n) is 2.05.